The molecule has 0 saturated heterocycles. The van der Waals surface area contributed by atoms with Gasteiger partial charge in [0, 0.05) is 6.04 Å². The standard InChI is InChI=1S/C16H26N2O3/c1-5-9-18-11(3)12-7-8-14(15(10-12)20-4)21-13(6-2)16(17)19/h7-8,10-11,13,18H,5-6,9H2,1-4H3,(H2,17,19). The molecule has 21 heavy (non-hydrogen) atoms. The molecule has 5 nitrogen and oxygen atoms in total. The molecule has 118 valence electrons. The monoisotopic (exact) mass is 294 g/mol. The van der Waals surface area contributed by atoms with Crippen molar-refractivity contribution < 1.29 is 14.3 Å². The first-order valence-electron chi connectivity index (χ1n) is 7.40. The minimum atomic E-state index is -0.639. The van der Waals surface area contributed by atoms with Gasteiger partial charge in [0.1, 0.15) is 0 Å². The van der Waals surface area contributed by atoms with E-state index in [1.165, 1.54) is 0 Å². The Kier molecular flexibility index (Phi) is 7.02. The van der Waals surface area contributed by atoms with Crippen LogP contribution in [0.3, 0.4) is 0 Å². The quantitative estimate of drug-likeness (QED) is 0.733. The van der Waals surface area contributed by atoms with Gasteiger partial charge in [-0.25, -0.2) is 0 Å². The van der Waals surface area contributed by atoms with Crippen LogP contribution < -0.4 is 20.5 Å². The maximum absolute atomic E-state index is 11.3. The third kappa shape index (κ3) is 4.93. The second-order valence-electron chi connectivity index (χ2n) is 5.00. The van der Waals surface area contributed by atoms with Gasteiger partial charge in [0.25, 0.3) is 5.91 Å². The van der Waals surface area contributed by atoms with Gasteiger partial charge in [-0.1, -0.05) is 19.9 Å². The van der Waals surface area contributed by atoms with Gasteiger partial charge in [-0.15, -0.1) is 0 Å². The Morgan fingerprint density at radius 1 is 1.33 bits per heavy atom. The fourth-order valence-corrected chi connectivity index (χ4v) is 2.03. The van der Waals surface area contributed by atoms with Crippen molar-refractivity contribution in [2.75, 3.05) is 13.7 Å². The minimum absolute atomic E-state index is 0.228. The first kappa shape index (κ1) is 17.3. The van der Waals surface area contributed by atoms with Crippen LogP contribution in [0.1, 0.15) is 45.2 Å². The van der Waals surface area contributed by atoms with Crippen LogP contribution in [0.4, 0.5) is 0 Å². The van der Waals surface area contributed by atoms with E-state index in [0.29, 0.717) is 17.9 Å². The lowest BCUT2D eigenvalue weighted by Gasteiger charge is -2.19. The molecule has 0 saturated carbocycles. The van der Waals surface area contributed by atoms with Crippen LogP contribution in [0.2, 0.25) is 0 Å². The van der Waals surface area contributed by atoms with Crippen LogP contribution >= 0.6 is 0 Å². The lowest BCUT2D eigenvalue weighted by atomic mass is 10.1. The molecule has 2 atom stereocenters. The molecule has 2 unspecified atom stereocenters. The summed E-state index contributed by atoms with van der Waals surface area (Å²) >= 11 is 0. The van der Waals surface area contributed by atoms with Gasteiger partial charge in [0.05, 0.1) is 7.11 Å². The summed E-state index contributed by atoms with van der Waals surface area (Å²) in [6.07, 6.45) is 0.967. The van der Waals surface area contributed by atoms with Gasteiger partial charge in [0.2, 0.25) is 0 Å². The van der Waals surface area contributed by atoms with Gasteiger partial charge >= 0.3 is 0 Å². The second kappa shape index (κ2) is 8.52. The van der Waals surface area contributed by atoms with E-state index in [2.05, 4.69) is 19.2 Å². The van der Waals surface area contributed by atoms with E-state index < -0.39 is 12.0 Å². The molecule has 0 aromatic heterocycles. The average Bonchev–Trinajstić information content (AvgIpc) is 2.49. The number of carbonyl (C=O) groups is 1. The molecule has 0 heterocycles. The van der Waals surface area contributed by atoms with Crippen LogP contribution in [0.25, 0.3) is 0 Å². The number of ether oxygens (including phenoxy) is 2. The highest BCUT2D eigenvalue weighted by Gasteiger charge is 2.18. The topological polar surface area (TPSA) is 73.6 Å². The largest absolute Gasteiger partial charge is 0.493 e. The van der Waals surface area contributed by atoms with E-state index in [4.69, 9.17) is 15.2 Å². The number of primary amides is 1. The summed E-state index contributed by atoms with van der Waals surface area (Å²) in [4.78, 5) is 11.3. The van der Waals surface area contributed by atoms with Gasteiger partial charge in [-0.05, 0) is 44.0 Å². The maximum Gasteiger partial charge on any atom is 0.258 e. The molecule has 3 N–H and O–H groups in total. The summed E-state index contributed by atoms with van der Waals surface area (Å²) in [5, 5.41) is 3.42. The van der Waals surface area contributed by atoms with Gasteiger partial charge < -0.3 is 20.5 Å². The molecule has 0 fully saturated rings. The number of benzene rings is 1. The number of nitrogens with two attached hydrogens (primary N) is 1. The van der Waals surface area contributed by atoms with Crippen molar-refractivity contribution in [3.63, 3.8) is 0 Å². The molecule has 1 amide bonds. The molecule has 1 aromatic carbocycles. The van der Waals surface area contributed by atoms with Gasteiger partial charge in [0.15, 0.2) is 17.6 Å². The second-order valence-corrected chi connectivity index (χ2v) is 5.00. The summed E-state index contributed by atoms with van der Waals surface area (Å²) in [5.41, 5.74) is 6.42. The molecule has 0 radical (unpaired) electrons. The highest BCUT2D eigenvalue weighted by Crippen LogP contribution is 2.31. The number of hydrogen-bond acceptors (Lipinski definition) is 4. The van der Waals surface area contributed by atoms with Gasteiger partial charge in [-0.2, -0.15) is 0 Å². The van der Waals surface area contributed by atoms with E-state index in [1.807, 2.05) is 25.1 Å². The molecule has 0 bridgehead atoms. The fraction of sp³-hybridized carbons (Fsp3) is 0.562. The molecule has 0 aliphatic rings. The van der Waals surface area contributed by atoms with Crippen molar-refractivity contribution in [3.8, 4) is 11.5 Å². The zero-order chi connectivity index (χ0) is 15.8. The van der Waals surface area contributed by atoms with E-state index in [-0.39, 0.29) is 6.04 Å². The normalized spacial score (nSPS) is 13.5. The molecular formula is C16H26N2O3. The van der Waals surface area contributed by atoms with E-state index in [0.717, 1.165) is 18.5 Å². The fourth-order valence-electron chi connectivity index (χ4n) is 2.03. The van der Waals surface area contributed by atoms with E-state index in [9.17, 15) is 4.79 Å². The summed E-state index contributed by atoms with van der Waals surface area (Å²) in [6.45, 7) is 7.05. The van der Waals surface area contributed by atoms with Crippen molar-refractivity contribution in [2.45, 2.75) is 45.8 Å². The summed E-state index contributed by atoms with van der Waals surface area (Å²) in [7, 11) is 1.58. The Bertz CT molecular complexity index is 463. The number of hydrogen-bond donors (Lipinski definition) is 2. The van der Waals surface area contributed by atoms with Crippen LogP contribution in [0.15, 0.2) is 18.2 Å². The first-order valence-corrected chi connectivity index (χ1v) is 7.40. The lowest BCUT2D eigenvalue weighted by Crippen LogP contribution is -2.33. The Morgan fingerprint density at radius 2 is 2.05 bits per heavy atom. The SMILES string of the molecule is CCCNC(C)c1ccc(OC(CC)C(N)=O)c(OC)c1. The minimum Gasteiger partial charge on any atom is -0.493 e. The smallest absolute Gasteiger partial charge is 0.258 e. The molecular weight excluding hydrogens is 268 g/mol. The Morgan fingerprint density at radius 3 is 2.57 bits per heavy atom. The van der Waals surface area contributed by atoms with Crippen molar-refractivity contribution >= 4 is 5.91 Å². The van der Waals surface area contributed by atoms with Crippen LogP contribution in [-0.4, -0.2) is 25.7 Å². The molecule has 0 aliphatic heterocycles. The highest BCUT2D eigenvalue weighted by atomic mass is 16.5. The first-order chi connectivity index (χ1) is 10.0. The molecule has 1 aromatic rings. The van der Waals surface area contributed by atoms with Crippen molar-refractivity contribution in [1.82, 2.24) is 5.32 Å². The zero-order valence-corrected chi connectivity index (χ0v) is 13.3. The third-order valence-electron chi connectivity index (χ3n) is 3.35. The highest BCUT2D eigenvalue weighted by molar-refractivity contribution is 5.79. The van der Waals surface area contributed by atoms with Crippen molar-refractivity contribution in [1.29, 1.82) is 0 Å². The van der Waals surface area contributed by atoms with E-state index >= 15 is 0 Å². The van der Waals surface area contributed by atoms with Crippen LogP contribution in [0.5, 0.6) is 11.5 Å². The molecule has 0 spiro atoms. The number of nitrogens with one attached hydrogen (secondary N) is 1. The predicted molar refractivity (Wildman–Crippen MR) is 83.6 cm³/mol. The van der Waals surface area contributed by atoms with E-state index in [1.54, 1.807) is 7.11 Å². The maximum atomic E-state index is 11.3. The number of carbonyl (C=O) groups excluding carboxylic acids is 1. The number of amides is 1. The van der Waals surface area contributed by atoms with Crippen molar-refractivity contribution in [3.05, 3.63) is 23.8 Å². The van der Waals surface area contributed by atoms with Crippen molar-refractivity contribution in [2.24, 2.45) is 5.73 Å². The summed E-state index contributed by atoms with van der Waals surface area (Å²) < 4.78 is 11.0. The Balaban J connectivity index is 2.90. The summed E-state index contributed by atoms with van der Waals surface area (Å²) in [5.74, 6) is 0.675. The molecule has 1 rings (SSSR count). The third-order valence-corrected chi connectivity index (χ3v) is 3.35. The molecule has 5 heteroatoms. The number of methoxy groups -OCH3 is 1. The summed E-state index contributed by atoms with van der Waals surface area (Å²) in [6, 6.07) is 5.95. The Labute approximate surface area is 126 Å². The average molecular weight is 294 g/mol. The predicted octanol–water partition coefficient (Wildman–Crippen LogP) is 2.40. The van der Waals surface area contributed by atoms with Gasteiger partial charge in [-0.3, -0.25) is 4.79 Å². The Hall–Kier alpha value is -1.75. The lowest BCUT2D eigenvalue weighted by molar-refractivity contribution is -0.124. The zero-order valence-electron chi connectivity index (χ0n) is 13.3. The van der Waals surface area contributed by atoms with Crippen LogP contribution in [-0.2, 0) is 4.79 Å². The number of rotatable bonds is 9. The molecule has 0 aliphatic carbocycles. The van der Waals surface area contributed by atoms with Crippen LogP contribution in [0, 0.1) is 0 Å².